The number of anilines is 1. The van der Waals surface area contributed by atoms with Gasteiger partial charge in [-0.1, -0.05) is 19.8 Å². The average molecular weight is 434 g/mol. The second-order valence-corrected chi connectivity index (χ2v) is 8.50. The lowest BCUT2D eigenvalue weighted by molar-refractivity contribution is -0.122. The first-order valence-corrected chi connectivity index (χ1v) is 11.0. The van der Waals surface area contributed by atoms with Gasteiger partial charge in [-0.2, -0.15) is 0 Å². The van der Waals surface area contributed by atoms with Crippen LogP contribution in [0.4, 0.5) is 14.9 Å². The third-order valence-corrected chi connectivity index (χ3v) is 6.01. The number of rotatable bonds is 6. The van der Waals surface area contributed by atoms with E-state index in [1.807, 2.05) is 9.80 Å². The van der Waals surface area contributed by atoms with Crippen LogP contribution in [-0.2, 0) is 9.59 Å². The molecule has 0 spiro atoms. The third-order valence-electron chi connectivity index (χ3n) is 6.01. The molecule has 9 heteroatoms. The van der Waals surface area contributed by atoms with E-state index in [0.717, 1.165) is 19.3 Å². The minimum atomic E-state index is -0.417. The predicted molar refractivity (Wildman–Crippen MR) is 116 cm³/mol. The molecule has 170 valence electrons. The van der Waals surface area contributed by atoms with Crippen LogP contribution in [0.25, 0.3) is 0 Å². The van der Waals surface area contributed by atoms with Crippen LogP contribution in [0, 0.1) is 11.7 Å². The smallest absolute Gasteiger partial charge is 0.321 e. The number of carbonyl (C=O) groups is 3. The van der Waals surface area contributed by atoms with Gasteiger partial charge in [0.15, 0.2) is 0 Å². The summed E-state index contributed by atoms with van der Waals surface area (Å²) in [4.78, 5) is 40.5. The summed E-state index contributed by atoms with van der Waals surface area (Å²) in [7, 11) is 0. The molecule has 1 aromatic carbocycles. The number of halogens is 1. The molecule has 3 rings (SSSR count). The molecule has 0 aromatic heterocycles. The van der Waals surface area contributed by atoms with Crippen LogP contribution < -0.4 is 16.0 Å². The lowest BCUT2D eigenvalue weighted by atomic mass is 9.86. The number of piperazine rings is 1. The fourth-order valence-electron chi connectivity index (χ4n) is 4.15. The molecule has 2 unspecified atom stereocenters. The fourth-order valence-corrected chi connectivity index (χ4v) is 4.15. The van der Waals surface area contributed by atoms with Crippen molar-refractivity contribution in [3.63, 3.8) is 0 Å². The Balaban J connectivity index is 1.32. The zero-order chi connectivity index (χ0) is 22.2. The molecule has 4 amide bonds. The molecule has 2 fully saturated rings. The minimum Gasteiger partial charge on any atom is -0.335 e. The van der Waals surface area contributed by atoms with Crippen molar-refractivity contribution >= 4 is 23.5 Å². The highest BCUT2D eigenvalue weighted by molar-refractivity contribution is 5.95. The van der Waals surface area contributed by atoms with Gasteiger partial charge in [-0.3, -0.25) is 24.7 Å². The highest BCUT2D eigenvalue weighted by atomic mass is 19.1. The van der Waals surface area contributed by atoms with Crippen molar-refractivity contribution in [3.8, 4) is 0 Å². The summed E-state index contributed by atoms with van der Waals surface area (Å²) in [6, 6.07) is 5.36. The van der Waals surface area contributed by atoms with Gasteiger partial charge >= 0.3 is 6.03 Å². The number of benzene rings is 1. The third kappa shape index (κ3) is 7.59. The van der Waals surface area contributed by atoms with E-state index in [0.29, 0.717) is 37.8 Å². The Morgan fingerprint density at radius 2 is 1.52 bits per heavy atom. The number of nitrogens with one attached hydrogen (secondary N) is 3. The molecule has 8 nitrogen and oxygen atoms in total. The highest BCUT2D eigenvalue weighted by Crippen LogP contribution is 2.23. The van der Waals surface area contributed by atoms with E-state index in [4.69, 9.17) is 0 Å². The van der Waals surface area contributed by atoms with E-state index in [2.05, 4.69) is 22.9 Å². The van der Waals surface area contributed by atoms with Gasteiger partial charge in [0, 0.05) is 37.9 Å². The predicted octanol–water partition coefficient (Wildman–Crippen LogP) is 1.79. The lowest BCUT2D eigenvalue weighted by Crippen LogP contribution is -2.53. The van der Waals surface area contributed by atoms with Crippen molar-refractivity contribution in [1.29, 1.82) is 0 Å². The van der Waals surface area contributed by atoms with E-state index >= 15 is 0 Å². The molecule has 3 N–H and O–H groups in total. The van der Waals surface area contributed by atoms with Crippen LogP contribution in [0.5, 0.6) is 0 Å². The van der Waals surface area contributed by atoms with Gasteiger partial charge in [0.2, 0.25) is 11.8 Å². The van der Waals surface area contributed by atoms with Crippen LogP contribution in [0.2, 0.25) is 0 Å². The Labute approximate surface area is 182 Å². The molecule has 1 aliphatic carbocycles. The Kier molecular flexibility index (Phi) is 8.36. The average Bonchev–Trinajstić information content (AvgIpc) is 2.73. The summed E-state index contributed by atoms with van der Waals surface area (Å²) in [6.07, 6.45) is 4.36. The maximum absolute atomic E-state index is 12.9. The summed E-state index contributed by atoms with van der Waals surface area (Å²) in [5.74, 6) is -0.392. The Hall–Kier alpha value is -2.52. The van der Waals surface area contributed by atoms with Gasteiger partial charge in [-0.15, -0.1) is 0 Å². The number of carbonyl (C=O) groups excluding carboxylic acids is 3. The van der Waals surface area contributed by atoms with Crippen molar-refractivity contribution in [1.82, 2.24) is 20.4 Å². The summed E-state index contributed by atoms with van der Waals surface area (Å²) < 4.78 is 12.9. The summed E-state index contributed by atoms with van der Waals surface area (Å²) in [5.41, 5.74) is 0.558. The highest BCUT2D eigenvalue weighted by Gasteiger charge is 2.25. The summed E-state index contributed by atoms with van der Waals surface area (Å²) >= 11 is 0. The molecule has 2 aliphatic rings. The molecule has 0 bridgehead atoms. The largest absolute Gasteiger partial charge is 0.335 e. The van der Waals surface area contributed by atoms with Crippen molar-refractivity contribution in [2.75, 3.05) is 44.6 Å². The van der Waals surface area contributed by atoms with Gasteiger partial charge in [-0.25, -0.2) is 9.18 Å². The van der Waals surface area contributed by atoms with Crippen molar-refractivity contribution < 1.29 is 18.8 Å². The molecule has 1 aromatic rings. The monoisotopic (exact) mass is 433 g/mol. The summed E-state index contributed by atoms with van der Waals surface area (Å²) in [5, 5.41) is 8.11. The van der Waals surface area contributed by atoms with E-state index in [9.17, 15) is 18.8 Å². The second-order valence-electron chi connectivity index (χ2n) is 8.50. The molecule has 1 aliphatic heterocycles. The number of imide groups is 1. The van der Waals surface area contributed by atoms with Gasteiger partial charge in [0.25, 0.3) is 0 Å². The maximum atomic E-state index is 12.9. The molecule has 31 heavy (non-hydrogen) atoms. The first-order valence-electron chi connectivity index (χ1n) is 11.0. The summed E-state index contributed by atoms with van der Waals surface area (Å²) in [6.45, 7) is 5.09. The standard InChI is InChI=1S/C22H32FN5O3/c1-16-4-2-3-5-19(16)25-22(31)26-21(30)15-28-12-10-27(11-13-28)14-20(29)24-18-8-6-17(23)7-9-18/h6-9,16,19H,2-5,10-15H2,1H3,(H,24,29)(H2,25,26,30,31). The maximum Gasteiger partial charge on any atom is 0.321 e. The van der Waals surface area contributed by atoms with Crippen molar-refractivity contribution in [2.24, 2.45) is 5.92 Å². The Bertz CT molecular complexity index is 765. The van der Waals surface area contributed by atoms with Crippen LogP contribution in [-0.4, -0.2) is 73.0 Å². The SMILES string of the molecule is CC1CCCCC1NC(=O)NC(=O)CN1CCN(CC(=O)Nc2ccc(F)cc2)CC1. The van der Waals surface area contributed by atoms with Crippen LogP contribution in [0.3, 0.4) is 0 Å². The van der Waals surface area contributed by atoms with Crippen molar-refractivity contribution in [2.45, 2.75) is 38.6 Å². The number of hydrogen-bond donors (Lipinski definition) is 3. The molecule has 0 radical (unpaired) electrons. The molecule has 1 heterocycles. The van der Waals surface area contributed by atoms with E-state index < -0.39 is 6.03 Å². The van der Waals surface area contributed by atoms with Crippen LogP contribution in [0.1, 0.15) is 32.6 Å². The number of urea groups is 1. The normalized spacial score (nSPS) is 22.5. The molecular formula is C22H32FN5O3. The fraction of sp³-hybridized carbons (Fsp3) is 0.591. The van der Waals surface area contributed by atoms with Gasteiger partial charge in [0.1, 0.15) is 5.82 Å². The zero-order valence-corrected chi connectivity index (χ0v) is 18.0. The van der Waals surface area contributed by atoms with Gasteiger partial charge in [0.05, 0.1) is 13.1 Å². The van der Waals surface area contributed by atoms with E-state index in [-0.39, 0.29) is 36.8 Å². The first kappa shape index (κ1) is 23.1. The number of nitrogens with zero attached hydrogens (tertiary/aromatic N) is 2. The van der Waals surface area contributed by atoms with Gasteiger partial charge < -0.3 is 10.6 Å². The topological polar surface area (TPSA) is 93.8 Å². The van der Waals surface area contributed by atoms with E-state index in [1.54, 1.807) is 0 Å². The number of amides is 4. The van der Waals surface area contributed by atoms with Crippen LogP contribution in [0.15, 0.2) is 24.3 Å². The Morgan fingerprint density at radius 1 is 0.935 bits per heavy atom. The number of hydrogen-bond acceptors (Lipinski definition) is 5. The van der Waals surface area contributed by atoms with Crippen LogP contribution >= 0.6 is 0 Å². The zero-order valence-electron chi connectivity index (χ0n) is 18.0. The van der Waals surface area contributed by atoms with Crippen molar-refractivity contribution in [3.05, 3.63) is 30.1 Å². The Morgan fingerprint density at radius 3 is 2.13 bits per heavy atom. The molecule has 2 atom stereocenters. The molecular weight excluding hydrogens is 401 g/mol. The minimum absolute atomic E-state index is 0.131. The second kappa shape index (κ2) is 11.2. The van der Waals surface area contributed by atoms with E-state index in [1.165, 1.54) is 30.7 Å². The quantitative estimate of drug-likeness (QED) is 0.636. The molecule has 1 saturated carbocycles. The van der Waals surface area contributed by atoms with Gasteiger partial charge in [-0.05, 0) is 43.0 Å². The first-order chi connectivity index (χ1) is 14.9. The molecule has 1 saturated heterocycles. The lowest BCUT2D eigenvalue weighted by Gasteiger charge is -2.33.